The van der Waals surface area contributed by atoms with E-state index in [9.17, 15) is 13.6 Å². The normalized spacial score (nSPS) is 21.4. The number of alkyl halides is 2. The highest BCUT2D eigenvalue weighted by atomic mass is 19.3. The first-order valence-corrected chi connectivity index (χ1v) is 6.00. The van der Waals surface area contributed by atoms with Crippen molar-refractivity contribution >= 4 is 6.09 Å². The van der Waals surface area contributed by atoms with Crippen molar-refractivity contribution in [2.45, 2.75) is 25.0 Å². The number of benzene rings is 1. The molecule has 0 aromatic heterocycles. The summed E-state index contributed by atoms with van der Waals surface area (Å²) in [5, 5.41) is 8.98. The maximum Gasteiger partial charge on any atom is 0.410 e. The van der Waals surface area contributed by atoms with Gasteiger partial charge in [0, 0.05) is 13.0 Å². The topological polar surface area (TPSA) is 49.8 Å². The standard InChI is InChI=1S/C13H15F2NO3/c14-13(15)6-7-16(11(13)8-17)12(18)19-9-10-4-2-1-3-5-10/h1-5,11,17H,6-9H2. The third kappa shape index (κ3) is 3.01. The summed E-state index contributed by atoms with van der Waals surface area (Å²) in [6.45, 7) is -0.848. The summed E-state index contributed by atoms with van der Waals surface area (Å²) in [5.74, 6) is -3.06. The van der Waals surface area contributed by atoms with E-state index in [2.05, 4.69) is 0 Å². The van der Waals surface area contributed by atoms with Crippen LogP contribution < -0.4 is 0 Å². The van der Waals surface area contributed by atoms with Gasteiger partial charge in [0.2, 0.25) is 0 Å². The fourth-order valence-corrected chi connectivity index (χ4v) is 2.07. The Bertz CT molecular complexity index is 439. The smallest absolute Gasteiger partial charge is 0.410 e. The lowest BCUT2D eigenvalue weighted by molar-refractivity contribution is -0.0501. The van der Waals surface area contributed by atoms with Crippen LogP contribution in [0.5, 0.6) is 0 Å². The monoisotopic (exact) mass is 271 g/mol. The summed E-state index contributed by atoms with van der Waals surface area (Å²) in [6.07, 6.45) is -1.27. The highest BCUT2D eigenvalue weighted by Gasteiger charge is 2.50. The lowest BCUT2D eigenvalue weighted by Gasteiger charge is -2.25. The zero-order valence-corrected chi connectivity index (χ0v) is 10.3. The van der Waals surface area contributed by atoms with Gasteiger partial charge in [0.25, 0.3) is 5.92 Å². The van der Waals surface area contributed by atoms with Crippen LogP contribution in [-0.4, -0.2) is 41.2 Å². The molecule has 1 heterocycles. The second-order valence-corrected chi connectivity index (χ2v) is 4.44. The Labute approximate surface area is 109 Å². The number of hydrogen-bond donors (Lipinski definition) is 1. The van der Waals surface area contributed by atoms with Crippen LogP contribution in [0.25, 0.3) is 0 Å². The molecule has 1 fully saturated rings. The highest BCUT2D eigenvalue weighted by Crippen LogP contribution is 2.34. The molecule has 6 heteroatoms. The Morgan fingerprint density at radius 1 is 1.42 bits per heavy atom. The maximum atomic E-state index is 13.4. The summed E-state index contributed by atoms with van der Waals surface area (Å²) in [5.41, 5.74) is 0.780. The molecule has 2 rings (SSSR count). The number of carbonyl (C=O) groups excluding carboxylic acids is 1. The minimum Gasteiger partial charge on any atom is -0.445 e. The molecule has 19 heavy (non-hydrogen) atoms. The number of aliphatic hydroxyl groups excluding tert-OH is 1. The largest absolute Gasteiger partial charge is 0.445 e. The number of halogens is 2. The summed E-state index contributed by atoms with van der Waals surface area (Å²) < 4.78 is 31.7. The lowest BCUT2D eigenvalue weighted by atomic mass is 10.2. The predicted molar refractivity (Wildman–Crippen MR) is 63.8 cm³/mol. The molecule has 0 aliphatic carbocycles. The SMILES string of the molecule is O=C(OCc1ccccc1)N1CCC(F)(F)C1CO. The average Bonchev–Trinajstić information content (AvgIpc) is 2.72. The Hall–Kier alpha value is -1.69. The minimum absolute atomic E-state index is 0.0277. The number of rotatable bonds is 3. The van der Waals surface area contributed by atoms with E-state index in [-0.39, 0.29) is 13.2 Å². The minimum atomic E-state index is -3.06. The van der Waals surface area contributed by atoms with Crippen molar-refractivity contribution in [1.29, 1.82) is 0 Å². The van der Waals surface area contributed by atoms with Gasteiger partial charge in [0.1, 0.15) is 12.6 Å². The van der Waals surface area contributed by atoms with E-state index in [1.165, 1.54) is 0 Å². The van der Waals surface area contributed by atoms with Crippen molar-refractivity contribution in [2.75, 3.05) is 13.2 Å². The number of ether oxygens (including phenoxy) is 1. The maximum absolute atomic E-state index is 13.4. The van der Waals surface area contributed by atoms with Crippen LogP contribution in [0, 0.1) is 0 Å². The Kier molecular flexibility index (Phi) is 3.99. The molecule has 1 atom stereocenters. The molecule has 1 saturated heterocycles. The summed E-state index contributed by atoms with van der Waals surface area (Å²) in [6, 6.07) is 7.47. The van der Waals surface area contributed by atoms with Crippen molar-refractivity contribution in [1.82, 2.24) is 4.90 Å². The van der Waals surface area contributed by atoms with Gasteiger partial charge in [-0.2, -0.15) is 0 Å². The first-order valence-electron chi connectivity index (χ1n) is 6.00. The van der Waals surface area contributed by atoms with E-state index in [4.69, 9.17) is 9.84 Å². The molecule has 104 valence electrons. The Morgan fingerprint density at radius 3 is 2.74 bits per heavy atom. The molecule has 0 saturated carbocycles. The van der Waals surface area contributed by atoms with Crippen LogP contribution in [-0.2, 0) is 11.3 Å². The number of hydrogen-bond acceptors (Lipinski definition) is 3. The number of aliphatic hydroxyl groups is 1. The van der Waals surface area contributed by atoms with E-state index in [1.807, 2.05) is 6.07 Å². The van der Waals surface area contributed by atoms with Gasteiger partial charge in [0.05, 0.1) is 6.61 Å². The fraction of sp³-hybridized carbons (Fsp3) is 0.462. The molecule has 1 N–H and O–H groups in total. The molecular formula is C13H15F2NO3. The van der Waals surface area contributed by atoms with Crippen LogP contribution in [0.3, 0.4) is 0 Å². The van der Waals surface area contributed by atoms with E-state index >= 15 is 0 Å². The molecule has 1 aliphatic heterocycles. The van der Waals surface area contributed by atoms with Gasteiger partial charge in [-0.1, -0.05) is 30.3 Å². The van der Waals surface area contributed by atoms with Gasteiger partial charge < -0.3 is 9.84 Å². The van der Waals surface area contributed by atoms with Gasteiger partial charge in [-0.05, 0) is 5.56 Å². The molecule has 1 aromatic carbocycles. The van der Waals surface area contributed by atoms with E-state index in [0.717, 1.165) is 10.5 Å². The number of carbonyl (C=O) groups is 1. The number of amides is 1. The Morgan fingerprint density at radius 2 is 2.11 bits per heavy atom. The molecule has 1 unspecified atom stereocenters. The van der Waals surface area contributed by atoms with Crippen molar-refractivity contribution in [3.05, 3.63) is 35.9 Å². The molecule has 0 radical (unpaired) electrons. The van der Waals surface area contributed by atoms with Crippen molar-refractivity contribution in [2.24, 2.45) is 0 Å². The van der Waals surface area contributed by atoms with Gasteiger partial charge in [-0.3, -0.25) is 4.90 Å². The quantitative estimate of drug-likeness (QED) is 0.915. The fourth-order valence-electron chi connectivity index (χ4n) is 2.07. The van der Waals surface area contributed by atoms with Crippen molar-refractivity contribution in [3.63, 3.8) is 0 Å². The van der Waals surface area contributed by atoms with Crippen LogP contribution in [0.4, 0.5) is 13.6 Å². The molecule has 4 nitrogen and oxygen atoms in total. The third-order valence-electron chi connectivity index (χ3n) is 3.16. The van der Waals surface area contributed by atoms with Gasteiger partial charge >= 0.3 is 6.09 Å². The third-order valence-corrected chi connectivity index (χ3v) is 3.16. The number of nitrogens with zero attached hydrogens (tertiary/aromatic N) is 1. The second-order valence-electron chi connectivity index (χ2n) is 4.44. The van der Waals surface area contributed by atoms with E-state index < -0.39 is 31.1 Å². The predicted octanol–water partition coefficient (Wildman–Crippen LogP) is 2.03. The average molecular weight is 271 g/mol. The summed E-state index contributed by atoms with van der Waals surface area (Å²) >= 11 is 0. The molecule has 1 amide bonds. The van der Waals surface area contributed by atoms with Crippen molar-refractivity contribution in [3.8, 4) is 0 Å². The van der Waals surface area contributed by atoms with Crippen molar-refractivity contribution < 1.29 is 23.4 Å². The lowest BCUT2D eigenvalue weighted by Crippen LogP contribution is -2.45. The summed E-state index contributed by atoms with van der Waals surface area (Å²) in [4.78, 5) is 12.6. The molecule has 0 bridgehead atoms. The Balaban J connectivity index is 1.94. The van der Waals surface area contributed by atoms with Crippen LogP contribution in [0.2, 0.25) is 0 Å². The first kappa shape index (κ1) is 13.7. The number of likely N-dealkylation sites (tertiary alicyclic amines) is 1. The van der Waals surface area contributed by atoms with Gasteiger partial charge in [-0.15, -0.1) is 0 Å². The highest BCUT2D eigenvalue weighted by molar-refractivity contribution is 5.68. The van der Waals surface area contributed by atoms with Crippen LogP contribution in [0.15, 0.2) is 30.3 Å². The van der Waals surface area contributed by atoms with Gasteiger partial charge in [0.15, 0.2) is 0 Å². The molecule has 1 aromatic rings. The van der Waals surface area contributed by atoms with Crippen LogP contribution >= 0.6 is 0 Å². The molecular weight excluding hydrogens is 256 g/mol. The zero-order chi connectivity index (χ0) is 13.9. The van der Waals surface area contributed by atoms with Gasteiger partial charge in [-0.25, -0.2) is 13.6 Å². The molecule has 1 aliphatic rings. The zero-order valence-electron chi connectivity index (χ0n) is 10.3. The van der Waals surface area contributed by atoms with Crippen LogP contribution in [0.1, 0.15) is 12.0 Å². The molecule has 0 spiro atoms. The van der Waals surface area contributed by atoms with E-state index in [1.54, 1.807) is 24.3 Å². The van der Waals surface area contributed by atoms with E-state index in [0.29, 0.717) is 0 Å². The first-order chi connectivity index (χ1) is 9.04. The summed E-state index contributed by atoms with van der Waals surface area (Å²) in [7, 11) is 0. The second kappa shape index (κ2) is 5.52.